The summed E-state index contributed by atoms with van der Waals surface area (Å²) < 4.78 is 0. The van der Waals surface area contributed by atoms with Crippen molar-refractivity contribution >= 4 is 24.1 Å². The van der Waals surface area contributed by atoms with E-state index in [9.17, 15) is 19.8 Å². The van der Waals surface area contributed by atoms with Crippen molar-refractivity contribution in [3.63, 3.8) is 0 Å². The van der Waals surface area contributed by atoms with Gasteiger partial charge in [-0.3, -0.25) is 0 Å². The van der Waals surface area contributed by atoms with Crippen molar-refractivity contribution in [3.05, 3.63) is 70.8 Å². The molecule has 0 saturated heterocycles. The molecule has 0 N–H and O–H groups in total. The molecule has 0 atom stereocenters. The van der Waals surface area contributed by atoms with Crippen molar-refractivity contribution in [1.82, 2.24) is 0 Å². The molecule has 0 aliphatic carbocycles. The zero-order valence-electron chi connectivity index (χ0n) is 11.0. The molecule has 0 fully saturated rings. The summed E-state index contributed by atoms with van der Waals surface area (Å²) >= 11 is 0. The smallest absolute Gasteiger partial charge is 0.545 e. The van der Waals surface area contributed by atoms with Crippen LogP contribution in [0.15, 0.2) is 48.5 Å². The first-order valence-corrected chi connectivity index (χ1v) is 5.87. The molecule has 22 heavy (non-hydrogen) atoms. The Kier molecular flexibility index (Phi) is 8.97. The largest absolute Gasteiger partial charge is 1.00 e. The molecule has 0 bridgehead atoms. The maximum Gasteiger partial charge on any atom is 1.00 e. The van der Waals surface area contributed by atoms with E-state index in [0.717, 1.165) is 11.1 Å². The number of hydrogen-bond acceptors (Lipinski definition) is 4. The number of carboxylic acids is 2. The molecule has 4 nitrogen and oxygen atoms in total. The van der Waals surface area contributed by atoms with E-state index >= 15 is 0 Å². The Morgan fingerprint density at radius 2 is 0.909 bits per heavy atom. The SMILES string of the molecule is O=C([O-])c1ccc(/C=C/c2ccc(C(=O)[O-])cc2)cc1.[Ag+].[Ag+]. The molecule has 0 aliphatic rings. The Labute approximate surface area is 158 Å². The molecule has 2 aromatic carbocycles. The summed E-state index contributed by atoms with van der Waals surface area (Å²) in [5.74, 6) is -2.42. The molecule has 120 valence electrons. The number of benzene rings is 2. The third-order valence-corrected chi connectivity index (χ3v) is 2.76. The van der Waals surface area contributed by atoms with E-state index in [4.69, 9.17) is 0 Å². The number of carbonyl (C=O) groups excluding carboxylic acids is 2. The second kappa shape index (κ2) is 9.58. The molecule has 0 aliphatic heterocycles. The third kappa shape index (κ3) is 5.77. The zero-order chi connectivity index (χ0) is 14.5. The van der Waals surface area contributed by atoms with Crippen LogP contribution in [0, 0.1) is 0 Å². The zero-order valence-corrected chi connectivity index (χ0v) is 14.0. The molecular formula is C16H10Ag2O4. The predicted molar refractivity (Wildman–Crippen MR) is 70.5 cm³/mol. The molecule has 0 aromatic heterocycles. The fourth-order valence-corrected chi connectivity index (χ4v) is 1.65. The van der Waals surface area contributed by atoms with Crippen LogP contribution in [-0.2, 0) is 44.8 Å². The minimum Gasteiger partial charge on any atom is -0.545 e. The molecule has 2 aromatic rings. The number of carboxylic acid groups (broad SMARTS) is 2. The van der Waals surface area contributed by atoms with Crippen molar-refractivity contribution in [3.8, 4) is 0 Å². The topological polar surface area (TPSA) is 80.3 Å². The maximum atomic E-state index is 10.6. The minimum absolute atomic E-state index is 0. The van der Waals surface area contributed by atoms with Gasteiger partial charge in [-0.2, -0.15) is 0 Å². The van der Waals surface area contributed by atoms with Gasteiger partial charge < -0.3 is 19.8 Å². The van der Waals surface area contributed by atoms with E-state index in [1.54, 1.807) is 36.4 Å². The van der Waals surface area contributed by atoms with Gasteiger partial charge in [-0.15, -0.1) is 0 Å². The van der Waals surface area contributed by atoms with Crippen LogP contribution >= 0.6 is 0 Å². The van der Waals surface area contributed by atoms with Gasteiger partial charge in [0.15, 0.2) is 0 Å². The van der Waals surface area contributed by atoms with Gasteiger partial charge in [-0.25, -0.2) is 0 Å². The van der Waals surface area contributed by atoms with Crippen molar-refractivity contribution in [2.45, 2.75) is 0 Å². The molecule has 0 unspecified atom stereocenters. The molecule has 2 rings (SSSR count). The van der Waals surface area contributed by atoms with E-state index < -0.39 is 11.9 Å². The molecule has 0 heterocycles. The fourth-order valence-electron chi connectivity index (χ4n) is 1.65. The second-order valence-electron chi connectivity index (χ2n) is 4.15. The van der Waals surface area contributed by atoms with Gasteiger partial charge in [0.05, 0.1) is 11.9 Å². The van der Waals surface area contributed by atoms with Crippen LogP contribution in [-0.4, -0.2) is 11.9 Å². The Hall–Kier alpha value is -1.40. The van der Waals surface area contributed by atoms with Crippen LogP contribution in [0.4, 0.5) is 0 Å². The van der Waals surface area contributed by atoms with Gasteiger partial charge in [-0.1, -0.05) is 60.7 Å². The Balaban J connectivity index is 0.00000220. The molecule has 0 radical (unpaired) electrons. The van der Waals surface area contributed by atoms with Gasteiger partial charge in [0, 0.05) is 0 Å². The van der Waals surface area contributed by atoms with Crippen LogP contribution < -0.4 is 10.2 Å². The fraction of sp³-hybridized carbons (Fsp3) is 0. The van der Waals surface area contributed by atoms with E-state index in [0.29, 0.717) is 0 Å². The van der Waals surface area contributed by atoms with Gasteiger partial charge in [0.1, 0.15) is 0 Å². The Morgan fingerprint density at radius 3 is 1.14 bits per heavy atom. The number of hydrogen-bond donors (Lipinski definition) is 0. The molecular weight excluding hydrogens is 472 g/mol. The molecule has 0 spiro atoms. The Morgan fingerprint density at radius 1 is 0.636 bits per heavy atom. The van der Waals surface area contributed by atoms with Gasteiger partial charge in [0.2, 0.25) is 0 Å². The first-order chi connectivity index (χ1) is 9.56. The summed E-state index contributed by atoms with van der Waals surface area (Å²) in [5.41, 5.74) is 1.92. The third-order valence-electron chi connectivity index (χ3n) is 2.76. The number of aromatic carboxylic acids is 2. The maximum absolute atomic E-state index is 10.6. The average molecular weight is 482 g/mol. The van der Waals surface area contributed by atoms with Gasteiger partial charge in [0.25, 0.3) is 0 Å². The quantitative estimate of drug-likeness (QED) is 0.472. The van der Waals surface area contributed by atoms with Crippen molar-refractivity contribution in [2.75, 3.05) is 0 Å². The van der Waals surface area contributed by atoms with Gasteiger partial charge in [-0.05, 0) is 22.3 Å². The normalized spacial score (nSPS) is 9.64. The number of carbonyl (C=O) groups is 2. The number of rotatable bonds is 4. The molecule has 6 heteroatoms. The van der Waals surface area contributed by atoms with Crippen molar-refractivity contribution in [1.29, 1.82) is 0 Å². The summed E-state index contributed by atoms with van der Waals surface area (Å²) in [7, 11) is 0. The van der Waals surface area contributed by atoms with E-state index in [2.05, 4.69) is 0 Å². The monoisotopic (exact) mass is 480 g/mol. The van der Waals surface area contributed by atoms with Gasteiger partial charge >= 0.3 is 44.8 Å². The van der Waals surface area contributed by atoms with E-state index in [1.165, 1.54) is 24.3 Å². The van der Waals surface area contributed by atoms with Crippen molar-refractivity contribution in [2.24, 2.45) is 0 Å². The summed E-state index contributed by atoms with van der Waals surface area (Å²) in [6, 6.07) is 12.5. The predicted octanol–water partition coefficient (Wildman–Crippen LogP) is 0.579. The first kappa shape index (κ1) is 20.6. The van der Waals surface area contributed by atoms with Crippen LogP contribution in [0.25, 0.3) is 12.2 Å². The van der Waals surface area contributed by atoms with Crippen LogP contribution in [0.3, 0.4) is 0 Å². The summed E-state index contributed by atoms with van der Waals surface area (Å²) in [5, 5.41) is 21.2. The van der Waals surface area contributed by atoms with Crippen LogP contribution in [0.1, 0.15) is 31.8 Å². The molecule has 0 saturated carbocycles. The van der Waals surface area contributed by atoms with Crippen molar-refractivity contribution < 1.29 is 64.6 Å². The first-order valence-electron chi connectivity index (χ1n) is 5.87. The summed E-state index contributed by atoms with van der Waals surface area (Å²) in [6.07, 6.45) is 3.60. The average Bonchev–Trinajstić information content (AvgIpc) is 2.46. The van der Waals surface area contributed by atoms with Crippen LogP contribution in [0.2, 0.25) is 0 Å². The summed E-state index contributed by atoms with van der Waals surface area (Å²) in [6.45, 7) is 0. The second-order valence-corrected chi connectivity index (χ2v) is 4.15. The Bertz CT molecular complexity index is 602. The van der Waals surface area contributed by atoms with E-state index in [1.807, 2.05) is 0 Å². The van der Waals surface area contributed by atoms with E-state index in [-0.39, 0.29) is 55.9 Å². The molecule has 0 amide bonds. The minimum atomic E-state index is -1.21. The van der Waals surface area contributed by atoms with Crippen LogP contribution in [0.5, 0.6) is 0 Å². The standard InChI is InChI=1S/C16H12O4.2Ag/c17-15(18)13-7-3-11(4-8-13)1-2-12-5-9-14(10-6-12)16(19)20;;/h1-10H,(H,17,18)(H,19,20);;/q;2*+1/p-2/b2-1+;;. The summed E-state index contributed by atoms with van der Waals surface area (Å²) in [4.78, 5) is 21.2.